The maximum Gasteiger partial charge on any atom is 0.328 e. The van der Waals surface area contributed by atoms with E-state index in [4.69, 9.17) is 4.74 Å². The topological polar surface area (TPSA) is 75.7 Å². The Balaban J connectivity index is 2.07. The van der Waals surface area contributed by atoms with Crippen molar-refractivity contribution in [1.29, 1.82) is 0 Å². The largest absolute Gasteiger partial charge is 0.467 e. The molecule has 0 unspecified atom stereocenters. The molecule has 6 nitrogen and oxygen atoms in total. The summed E-state index contributed by atoms with van der Waals surface area (Å²) < 4.78 is 4.76. The van der Waals surface area contributed by atoms with E-state index in [9.17, 15) is 14.4 Å². The van der Waals surface area contributed by atoms with Crippen molar-refractivity contribution in [2.75, 3.05) is 7.11 Å². The van der Waals surface area contributed by atoms with Crippen molar-refractivity contribution in [3.05, 3.63) is 35.4 Å². The first-order valence-corrected chi connectivity index (χ1v) is 8.12. The number of nitrogens with zero attached hydrogens (tertiary/aromatic N) is 1. The van der Waals surface area contributed by atoms with Gasteiger partial charge in [0.25, 0.3) is 5.91 Å². The predicted molar refractivity (Wildman–Crippen MR) is 89.2 cm³/mol. The molecule has 24 heavy (non-hydrogen) atoms. The summed E-state index contributed by atoms with van der Waals surface area (Å²) in [7, 11) is 1.30. The minimum Gasteiger partial charge on any atom is -0.467 e. The number of ether oxygens (including phenoxy) is 1. The van der Waals surface area contributed by atoms with Gasteiger partial charge in [0.05, 0.1) is 7.11 Å². The van der Waals surface area contributed by atoms with Gasteiger partial charge in [-0.2, -0.15) is 0 Å². The van der Waals surface area contributed by atoms with Crippen LogP contribution in [0.25, 0.3) is 0 Å². The number of methoxy groups -OCH3 is 1. The fourth-order valence-corrected chi connectivity index (χ4v) is 2.85. The number of hydrogen-bond donors (Lipinski definition) is 1. The van der Waals surface area contributed by atoms with Gasteiger partial charge in [-0.05, 0) is 30.9 Å². The standard InChI is InChI=1S/C18H24N2O4/c1-11(2)9-15(18(23)24-4)19-16(21)12(3)20-10-13-7-5-6-8-14(13)17(20)22/h5-8,11-12,15H,9-10H2,1-4H3,(H,19,21)/t12-,15+/m0/s1. The van der Waals surface area contributed by atoms with Crippen LogP contribution < -0.4 is 5.32 Å². The molecule has 0 fully saturated rings. The van der Waals surface area contributed by atoms with Crippen LogP contribution in [-0.2, 0) is 20.9 Å². The average Bonchev–Trinajstić information content (AvgIpc) is 2.89. The number of benzene rings is 1. The molecule has 1 heterocycles. The minimum atomic E-state index is -0.704. The zero-order valence-electron chi connectivity index (χ0n) is 14.5. The van der Waals surface area contributed by atoms with Crippen LogP contribution in [0, 0.1) is 5.92 Å². The predicted octanol–water partition coefficient (Wildman–Crippen LogP) is 1.73. The van der Waals surface area contributed by atoms with Crippen molar-refractivity contribution in [2.45, 2.75) is 45.8 Å². The molecule has 6 heteroatoms. The highest BCUT2D eigenvalue weighted by atomic mass is 16.5. The Bertz CT molecular complexity index is 642. The van der Waals surface area contributed by atoms with Crippen LogP contribution in [-0.4, -0.2) is 41.9 Å². The molecule has 0 bridgehead atoms. The van der Waals surface area contributed by atoms with Crippen LogP contribution in [0.15, 0.2) is 24.3 Å². The van der Waals surface area contributed by atoms with E-state index >= 15 is 0 Å². The molecule has 1 aliphatic heterocycles. The lowest BCUT2D eigenvalue weighted by molar-refractivity contribution is -0.146. The number of rotatable bonds is 6. The van der Waals surface area contributed by atoms with Gasteiger partial charge in [-0.1, -0.05) is 32.0 Å². The summed E-state index contributed by atoms with van der Waals surface area (Å²) in [6.45, 7) is 6.00. The summed E-state index contributed by atoms with van der Waals surface area (Å²) in [6.07, 6.45) is 0.485. The van der Waals surface area contributed by atoms with Crippen LogP contribution >= 0.6 is 0 Å². The van der Waals surface area contributed by atoms with Crippen molar-refractivity contribution < 1.29 is 19.1 Å². The summed E-state index contributed by atoms with van der Waals surface area (Å²) in [5.41, 5.74) is 1.54. The third kappa shape index (κ3) is 3.75. The summed E-state index contributed by atoms with van der Waals surface area (Å²) in [4.78, 5) is 38.3. The molecule has 0 saturated heterocycles. The van der Waals surface area contributed by atoms with Gasteiger partial charge in [-0.15, -0.1) is 0 Å². The lowest BCUT2D eigenvalue weighted by atomic mass is 10.0. The van der Waals surface area contributed by atoms with E-state index in [2.05, 4.69) is 5.32 Å². The molecule has 1 aromatic rings. The second-order valence-electron chi connectivity index (χ2n) is 6.48. The molecule has 2 atom stereocenters. The highest BCUT2D eigenvalue weighted by molar-refractivity contribution is 6.01. The lowest BCUT2D eigenvalue weighted by Crippen LogP contribution is -2.51. The van der Waals surface area contributed by atoms with Crippen LogP contribution in [0.3, 0.4) is 0 Å². The van der Waals surface area contributed by atoms with Crippen LogP contribution in [0.1, 0.15) is 43.1 Å². The van der Waals surface area contributed by atoms with Crippen molar-refractivity contribution in [3.63, 3.8) is 0 Å². The maximum atomic E-state index is 12.5. The molecule has 0 radical (unpaired) electrons. The van der Waals surface area contributed by atoms with Crippen molar-refractivity contribution in [1.82, 2.24) is 10.2 Å². The summed E-state index contributed by atoms with van der Waals surface area (Å²) in [5.74, 6) is -0.762. The summed E-state index contributed by atoms with van der Waals surface area (Å²) in [5, 5.41) is 2.72. The summed E-state index contributed by atoms with van der Waals surface area (Å²) >= 11 is 0. The number of carbonyl (C=O) groups excluding carboxylic acids is 3. The molecule has 0 aliphatic carbocycles. The fourth-order valence-electron chi connectivity index (χ4n) is 2.85. The van der Waals surface area contributed by atoms with Gasteiger partial charge in [0.15, 0.2) is 0 Å². The quantitative estimate of drug-likeness (QED) is 0.805. The van der Waals surface area contributed by atoms with Gasteiger partial charge in [-0.25, -0.2) is 4.79 Å². The SMILES string of the molecule is COC(=O)[C@@H](CC(C)C)NC(=O)[C@H](C)N1Cc2ccccc2C1=O. The zero-order valence-corrected chi connectivity index (χ0v) is 14.5. The van der Waals surface area contributed by atoms with Gasteiger partial charge in [0, 0.05) is 12.1 Å². The van der Waals surface area contributed by atoms with Crippen LogP contribution in [0.5, 0.6) is 0 Å². The Kier molecular flexibility index (Phi) is 5.59. The number of fused-ring (bicyclic) bond motifs is 1. The van der Waals surface area contributed by atoms with Gasteiger partial charge in [-0.3, -0.25) is 9.59 Å². The highest BCUT2D eigenvalue weighted by Crippen LogP contribution is 2.24. The van der Waals surface area contributed by atoms with E-state index in [1.54, 1.807) is 19.1 Å². The molecule has 130 valence electrons. The first-order chi connectivity index (χ1) is 11.3. The molecular formula is C18H24N2O4. The Morgan fingerprint density at radius 2 is 1.92 bits per heavy atom. The second-order valence-corrected chi connectivity index (χ2v) is 6.48. The Morgan fingerprint density at radius 3 is 2.50 bits per heavy atom. The van der Waals surface area contributed by atoms with Crippen molar-refractivity contribution in [2.24, 2.45) is 5.92 Å². The second kappa shape index (κ2) is 7.47. The molecule has 1 aromatic carbocycles. The number of nitrogens with one attached hydrogen (secondary N) is 1. The van der Waals surface area contributed by atoms with E-state index in [1.165, 1.54) is 12.0 Å². The van der Waals surface area contributed by atoms with Gasteiger partial charge in [0.1, 0.15) is 12.1 Å². The van der Waals surface area contributed by atoms with E-state index in [1.807, 2.05) is 26.0 Å². The van der Waals surface area contributed by atoms with Gasteiger partial charge >= 0.3 is 5.97 Å². The molecule has 2 rings (SSSR count). The van der Waals surface area contributed by atoms with E-state index in [0.717, 1.165) is 5.56 Å². The Morgan fingerprint density at radius 1 is 1.25 bits per heavy atom. The summed E-state index contributed by atoms with van der Waals surface area (Å²) in [6, 6.07) is 5.96. The third-order valence-electron chi connectivity index (χ3n) is 4.21. The van der Waals surface area contributed by atoms with Crippen LogP contribution in [0.4, 0.5) is 0 Å². The van der Waals surface area contributed by atoms with Gasteiger partial charge in [0.2, 0.25) is 5.91 Å². The monoisotopic (exact) mass is 332 g/mol. The lowest BCUT2D eigenvalue weighted by Gasteiger charge is -2.26. The highest BCUT2D eigenvalue weighted by Gasteiger charge is 2.35. The molecule has 0 spiro atoms. The minimum absolute atomic E-state index is 0.160. The molecule has 0 aromatic heterocycles. The number of carbonyl (C=O) groups is 3. The number of amides is 2. The normalized spacial score (nSPS) is 15.9. The molecule has 1 N–H and O–H groups in total. The average molecular weight is 332 g/mol. The van der Waals surface area contributed by atoms with Crippen molar-refractivity contribution >= 4 is 17.8 Å². The number of hydrogen-bond acceptors (Lipinski definition) is 4. The number of esters is 1. The fraction of sp³-hybridized carbons (Fsp3) is 0.500. The first-order valence-electron chi connectivity index (χ1n) is 8.12. The first kappa shape index (κ1) is 18.0. The van der Waals surface area contributed by atoms with Gasteiger partial charge < -0.3 is 15.0 Å². The molecule has 0 saturated carbocycles. The van der Waals surface area contributed by atoms with Crippen molar-refractivity contribution in [3.8, 4) is 0 Å². The van der Waals surface area contributed by atoms with Crippen LogP contribution in [0.2, 0.25) is 0 Å². The molecule has 1 aliphatic rings. The Labute approximate surface area is 142 Å². The Hall–Kier alpha value is -2.37. The van der Waals surface area contributed by atoms with E-state index in [0.29, 0.717) is 18.5 Å². The maximum absolute atomic E-state index is 12.5. The molecule has 2 amide bonds. The zero-order chi connectivity index (χ0) is 17.9. The van der Waals surface area contributed by atoms with E-state index in [-0.39, 0.29) is 17.7 Å². The molecular weight excluding hydrogens is 308 g/mol. The third-order valence-corrected chi connectivity index (χ3v) is 4.21. The smallest absolute Gasteiger partial charge is 0.328 e. The van der Waals surface area contributed by atoms with E-state index < -0.39 is 18.1 Å².